The van der Waals surface area contributed by atoms with Gasteiger partial charge in [-0.3, -0.25) is 4.79 Å². The Labute approximate surface area is 110 Å². The van der Waals surface area contributed by atoms with Crippen LogP contribution in [0.5, 0.6) is 5.75 Å². The van der Waals surface area contributed by atoms with E-state index < -0.39 is 0 Å². The molecule has 4 heteroatoms. The molecule has 2 aromatic carbocycles. The highest BCUT2D eigenvalue weighted by Crippen LogP contribution is 2.21. The van der Waals surface area contributed by atoms with Crippen molar-refractivity contribution in [1.82, 2.24) is 0 Å². The van der Waals surface area contributed by atoms with Crippen LogP contribution in [0.15, 0.2) is 42.5 Å². The van der Waals surface area contributed by atoms with Crippen LogP contribution in [0.3, 0.4) is 0 Å². The Hall–Kier alpha value is -2.00. The summed E-state index contributed by atoms with van der Waals surface area (Å²) in [5.41, 5.74) is 1.74. The first kappa shape index (κ1) is 12.5. The molecule has 3 nitrogen and oxygen atoms in total. The Morgan fingerprint density at radius 1 is 1.22 bits per heavy atom. The van der Waals surface area contributed by atoms with Gasteiger partial charge >= 0.3 is 0 Å². The Kier molecular flexibility index (Phi) is 3.53. The molecule has 0 aliphatic heterocycles. The number of halogens is 1. The molecule has 2 aromatic rings. The zero-order valence-corrected chi connectivity index (χ0v) is 10.5. The minimum absolute atomic E-state index is 0.0415. The van der Waals surface area contributed by atoms with Crippen LogP contribution in [0.2, 0.25) is 5.02 Å². The number of anilines is 1. The first-order valence-corrected chi connectivity index (χ1v) is 5.80. The monoisotopic (exact) mass is 261 g/mol. The van der Waals surface area contributed by atoms with Crippen LogP contribution in [0.25, 0.3) is 0 Å². The normalized spacial score (nSPS) is 10.1. The summed E-state index contributed by atoms with van der Waals surface area (Å²) in [5, 5.41) is 12.9. The Morgan fingerprint density at radius 2 is 2.00 bits per heavy atom. The van der Waals surface area contributed by atoms with Crippen molar-refractivity contribution in [2.75, 3.05) is 5.32 Å². The Morgan fingerprint density at radius 3 is 2.72 bits per heavy atom. The summed E-state index contributed by atoms with van der Waals surface area (Å²) in [6.07, 6.45) is 0. The van der Waals surface area contributed by atoms with Gasteiger partial charge in [-0.1, -0.05) is 29.3 Å². The van der Waals surface area contributed by atoms with Crippen LogP contribution in [0, 0.1) is 6.92 Å². The van der Waals surface area contributed by atoms with Gasteiger partial charge in [-0.25, -0.2) is 0 Å². The summed E-state index contributed by atoms with van der Waals surface area (Å²) < 4.78 is 0. The molecule has 0 bridgehead atoms. The van der Waals surface area contributed by atoms with Crippen LogP contribution >= 0.6 is 11.6 Å². The Balaban J connectivity index is 2.24. The van der Waals surface area contributed by atoms with Gasteiger partial charge in [0.25, 0.3) is 5.91 Å². The summed E-state index contributed by atoms with van der Waals surface area (Å²) >= 11 is 5.83. The number of benzene rings is 2. The molecule has 18 heavy (non-hydrogen) atoms. The van der Waals surface area contributed by atoms with Gasteiger partial charge in [0.2, 0.25) is 0 Å². The lowest BCUT2D eigenvalue weighted by molar-refractivity contribution is 0.102. The highest BCUT2D eigenvalue weighted by molar-refractivity contribution is 6.31. The first-order valence-electron chi connectivity index (χ1n) is 5.43. The fourth-order valence-corrected chi connectivity index (χ4v) is 1.79. The molecule has 2 rings (SSSR count). The summed E-state index contributed by atoms with van der Waals surface area (Å²) in [4.78, 5) is 12.0. The lowest BCUT2D eigenvalue weighted by Gasteiger charge is -2.07. The molecule has 0 saturated carbocycles. The second-order valence-corrected chi connectivity index (χ2v) is 4.42. The molecular formula is C14H12ClNO2. The number of hydrogen-bond acceptors (Lipinski definition) is 2. The predicted octanol–water partition coefficient (Wildman–Crippen LogP) is 3.61. The van der Waals surface area contributed by atoms with Crippen LogP contribution < -0.4 is 5.32 Å². The van der Waals surface area contributed by atoms with Gasteiger partial charge in [-0.05, 0) is 37.3 Å². The number of hydrogen-bond donors (Lipinski definition) is 2. The van der Waals surface area contributed by atoms with Crippen LogP contribution in [-0.2, 0) is 0 Å². The minimum atomic E-state index is -0.363. The van der Waals surface area contributed by atoms with Crippen molar-refractivity contribution in [2.45, 2.75) is 6.92 Å². The second kappa shape index (κ2) is 5.10. The molecule has 0 heterocycles. The van der Waals surface area contributed by atoms with Crippen molar-refractivity contribution in [3.63, 3.8) is 0 Å². The third-order valence-corrected chi connectivity index (χ3v) is 2.71. The van der Waals surface area contributed by atoms with Crippen LogP contribution in [0.4, 0.5) is 5.69 Å². The van der Waals surface area contributed by atoms with Gasteiger partial charge in [0.1, 0.15) is 5.75 Å². The third kappa shape index (κ3) is 2.81. The summed E-state index contributed by atoms with van der Waals surface area (Å²) in [6.45, 7) is 1.86. The largest absolute Gasteiger partial charge is 0.507 e. The van der Waals surface area contributed by atoms with E-state index in [1.807, 2.05) is 6.92 Å². The third-order valence-electron chi connectivity index (χ3n) is 2.48. The maximum absolute atomic E-state index is 12.0. The number of amides is 1. The fourth-order valence-electron chi connectivity index (χ4n) is 1.60. The number of aromatic hydroxyl groups is 1. The number of aryl methyl sites for hydroxylation is 1. The van der Waals surface area contributed by atoms with Crippen molar-refractivity contribution >= 4 is 23.2 Å². The molecule has 1 amide bonds. The van der Waals surface area contributed by atoms with E-state index in [1.54, 1.807) is 36.4 Å². The number of carbonyl (C=O) groups is 1. The van der Waals surface area contributed by atoms with Crippen LogP contribution in [-0.4, -0.2) is 11.0 Å². The summed E-state index contributed by atoms with van der Waals surface area (Å²) in [5.74, 6) is -0.404. The number of phenolic OH excluding ortho intramolecular Hbond substituents is 1. The van der Waals surface area contributed by atoms with E-state index in [0.717, 1.165) is 5.56 Å². The lowest BCUT2D eigenvalue weighted by atomic mass is 10.1. The summed E-state index contributed by atoms with van der Waals surface area (Å²) in [6, 6.07) is 11.7. The number of rotatable bonds is 2. The van der Waals surface area contributed by atoms with E-state index in [-0.39, 0.29) is 17.2 Å². The molecule has 2 N–H and O–H groups in total. The van der Waals surface area contributed by atoms with Gasteiger partial charge < -0.3 is 10.4 Å². The average molecular weight is 262 g/mol. The van der Waals surface area contributed by atoms with E-state index in [0.29, 0.717) is 10.7 Å². The lowest BCUT2D eigenvalue weighted by Crippen LogP contribution is -2.12. The van der Waals surface area contributed by atoms with E-state index in [4.69, 9.17) is 11.6 Å². The molecule has 0 unspecified atom stereocenters. The molecule has 0 fully saturated rings. The number of carbonyl (C=O) groups excluding carboxylic acids is 1. The quantitative estimate of drug-likeness (QED) is 0.868. The average Bonchev–Trinajstić information content (AvgIpc) is 2.32. The topological polar surface area (TPSA) is 49.3 Å². The van der Waals surface area contributed by atoms with Gasteiger partial charge in [0.05, 0.1) is 5.56 Å². The highest BCUT2D eigenvalue weighted by atomic mass is 35.5. The zero-order chi connectivity index (χ0) is 13.1. The van der Waals surface area contributed by atoms with Crippen molar-refractivity contribution in [1.29, 1.82) is 0 Å². The van der Waals surface area contributed by atoms with Crippen molar-refractivity contribution in [2.24, 2.45) is 0 Å². The van der Waals surface area contributed by atoms with Gasteiger partial charge in [0, 0.05) is 10.7 Å². The van der Waals surface area contributed by atoms with E-state index in [2.05, 4.69) is 5.32 Å². The molecule has 0 radical (unpaired) electrons. The first-order chi connectivity index (χ1) is 8.56. The van der Waals surface area contributed by atoms with E-state index in [1.165, 1.54) is 6.07 Å². The number of phenols is 1. The molecule has 0 atom stereocenters. The van der Waals surface area contributed by atoms with E-state index in [9.17, 15) is 9.90 Å². The van der Waals surface area contributed by atoms with Gasteiger partial charge in [-0.2, -0.15) is 0 Å². The molecule has 92 valence electrons. The smallest absolute Gasteiger partial charge is 0.259 e. The highest BCUT2D eigenvalue weighted by Gasteiger charge is 2.11. The predicted molar refractivity (Wildman–Crippen MR) is 72.2 cm³/mol. The molecule has 0 spiro atoms. The maximum Gasteiger partial charge on any atom is 0.259 e. The van der Waals surface area contributed by atoms with Gasteiger partial charge in [-0.15, -0.1) is 0 Å². The van der Waals surface area contributed by atoms with E-state index >= 15 is 0 Å². The molecule has 0 aromatic heterocycles. The van der Waals surface area contributed by atoms with Crippen LogP contribution in [0.1, 0.15) is 15.9 Å². The van der Waals surface area contributed by atoms with Crippen molar-refractivity contribution in [3.8, 4) is 5.75 Å². The molecule has 0 aliphatic rings. The SMILES string of the molecule is Cc1ccc(O)c(C(=O)Nc2cccc(Cl)c2)c1. The summed E-state index contributed by atoms with van der Waals surface area (Å²) in [7, 11) is 0. The van der Waals surface area contributed by atoms with Gasteiger partial charge in [0.15, 0.2) is 0 Å². The fraction of sp³-hybridized carbons (Fsp3) is 0.0714. The van der Waals surface area contributed by atoms with Crippen molar-refractivity contribution in [3.05, 3.63) is 58.6 Å². The number of nitrogens with one attached hydrogen (secondary N) is 1. The zero-order valence-electron chi connectivity index (χ0n) is 9.77. The molecule has 0 aliphatic carbocycles. The molecule has 0 saturated heterocycles. The maximum atomic E-state index is 12.0. The minimum Gasteiger partial charge on any atom is -0.507 e. The standard InChI is InChI=1S/C14H12ClNO2/c1-9-5-6-13(17)12(7-9)14(18)16-11-4-2-3-10(15)8-11/h2-8,17H,1H3,(H,16,18). The molecular weight excluding hydrogens is 250 g/mol. The Bertz CT molecular complexity index is 596. The second-order valence-electron chi connectivity index (χ2n) is 3.99. The van der Waals surface area contributed by atoms with Crippen molar-refractivity contribution < 1.29 is 9.90 Å².